The van der Waals surface area contributed by atoms with Crippen molar-refractivity contribution < 1.29 is 0 Å². The van der Waals surface area contributed by atoms with Gasteiger partial charge in [0, 0.05) is 55.6 Å². The Labute approximate surface area is 483 Å². The zero-order chi connectivity index (χ0) is 56.1. The highest BCUT2D eigenvalue weighted by molar-refractivity contribution is 6.24. The molecule has 14 rings (SSSR count). The van der Waals surface area contributed by atoms with Crippen LogP contribution in [0.15, 0.2) is 261 Å². The monoisotopic (exact) mass is 1060 g/mol. The summed E-state index contributed by atoms with van der Waals surface area (Å²) in [4.78, 5) is 4.91. The molecule has 0 radical (unpaired) electrons. The number of aromatic nitrogens is 1. The van der Waals surface area contributed by atoms with E-state index in [1.807, 2.05) is 0 Å². The minimum Gasteiger partial charge on any atom is -0.310 e. The van der Waals surface area contributed by atoms with Crippen LogP contribution in [0.4, 0.5) is 34.1 Å². The number of hydrogen-bond acceptors (Lipinski definition) is 2. The molecule has 0 atom stereocenters. The predicted octanol–water partition coefficient (Wildman–Crippen LogP) is 22.2. The van der Waals surface area contributed by atoms with E-state index in [4.69, 9.17) is 0 Å². The molecule has 82 heavy (non-hydrogen) atoms. The normalized spacial score (nSPS) is 13.0. The summed E-state index contributed by atoms with van der Waals surface area (Å²) in [7, 11) is 0. The van der Waals surface area contributed by atoms with Gasteiger partial charge in [0.05, 0.1) is 22.4 Å². The largest absolute Gasteiger partial charge is 0.310 e. The summed E-state index contributed by atoms with van der Waals surface area (Å²) in [6.07, 6.45) is 0. The maximum atomic E-state index is 2.60. The molecule has 3 heteroatoms. The molecule has 0 N–H and O–H groups in total. The van der Waals surface area contributed by atoms with E-state index < -0.39 is 0 Å². The standard InChI is InChI=1S/C79H67N3/c1-77(2,3)60-35-23-54(24-36-60)58-29-41-63(42-30-58)80(62-39-27-56(28-40-62)52-17-11-9-12-18-52)66-47-48-67-70(51-66)79(7,8)74-69-49-50-72(73-68-21-15-16-22-71(68)82(75(69)73)76(67)74)81(64-43-31-57(32-44-64)53-19-13-10-14-20-53)65-45-33-59(34-46-65)55-25-37-61(38-26-55)78(4,5)6/h9-51H,1-8H3. The molecule has 0 bridgehead atoms. The molecule has 3 nitrogen and oxygen atoms in total. The molecule has 0 spiro atoms. The van der Waals surface area contributed by atoms with Crippen molar-refractivity contribution in [1.29, 1.82) is 0 Å². The fourth-order valence-electron chi connectivity index (χ4n) is 13.0. The highest BCUT2D eigenvalue weighted by atomic mass is 15.2. The number of rotatable bonds is 10. The van der Waals surface area contributed by atoms with Crippen molar-refractivity contribution >= 4 is 61.3 Å². The number of nitrogens with zero attached hydrogens (tertiary/aromatic N) is 3. The average Bonchev–Trinajstić information content (AvgIpc) is 1.58. The minimum absolute atomic E-state index is 0.0942. The molecule has 0 amide bonds. The summed E-state index contributed by atoms with van der Waals surface area (Å²) in [6.45, 7) is 18.5. The lowest BCUT2D eigenvalue weighted by atomic mass is 9.81. The van der Waals surface area contributed by atoms with E-state index in [0.717, 1.165) is 34.1 Å². The minimum atomic E-state index is -0.324. The Hall–Kier alpha value is -9.44. The lowest BCUT2D eigenvalue weighted by molar-refractivity contribution is 0.590. The number of benzene rings is 11. The molecule has 0 saturated heterocycles. The van der Waals surface area contributed by atoms with Crippen LogP contribution < -0.4 is 9.80 Å². The molecule has 0 fully saturated rings. The molecule has 0 unspecified atom stereocenters. The second-order valence-corrected chi connectivity index (χ2v) is 25.0. The molecule has 0 aliphatic heterocycles. The molecule has 2 heterocycles. The molecule has 1 aliphatic rings. The zero-order valence-electron chi connectivity index (χ0n) is 48.2. The quantitative estimate of drug-likeness (QED) is 0.135. The maximum Gasteiger partial charge on any atom is 0.0638 e. The van der Waals surface area contributed by atoms with Gasteiger partial charge < -0.3 is 14.2 Å². The van der Waals surface area contributed by atoms with E-state index in [9.17, 15) is 0 Å². The Kier molecular flexibility index (Phi) is 12.0. The number of para-hydroxylation sites is 1. The van der Waals surface area contributed by atoms with Crippen LogP contribution in [-0.2, 0) is 16.2 Å². The van der Waals surface area contributed by atoms with Gasteiger partial charge in [0.1, 0.15) is 0 Å². The van der Waals surface area contributed by atoms with Crippen molar-refractivity contribution in [3.63, 3.8) is 0 Å². The van der Waals surface area contributed by atoms with E-state index in [-0.39, 0.29) is 16.2 Å². The highest BCUT2D eigenvalue weighted by Gasteiger charge is 2.42. The molecule has 398 valence electrons. The van der Waals surface area contributed by atoms with Gasteiger partial charge >= 0.3 is 0 Å². The van der Waals surface area contributed by atoms with Crippen LogP contribution in [0.2, 0.25) is 0 Å². The molecule has 2 aromatic heterocycles. The van der Waals surface area contributed by atoms with Crippen LogP contribution in [0.25, 0.3) is 83.0 Å². The first kappa shape index (κ1) is 50.8. The predicted molar refractivity (Wildman–Crippen MR) is 350 cm³/mol. The van der Waals surface area contributed by atoms with Crippen molar-refractivity contribution in [2.75, 3.05) is 9.80 Å². The third-order valence-electron chi connectivity index (χ3n) is 17.5. The number of fused-ring (bicyclic) bond motifs is 8. The number of anilines is 6. The molecular formula is C79H67N3. The van der Waals surface area contributed by atoms with Crippen LogP contribution in [0.1, 0.15) is 77.6 Å². The Bertz CT molecular complexity index is 4460. The third-order valence-corrected chi connectivity index (χ3v) is 17.5. The van der Waals surface area contributed by atoms with Crippen LogP contribution in [0.3, 0.4) is 0 Å². The van der Waals surface area contributed by atoms with Crippen molar-refractivity contribution in [2.24, 2.45) is 0 Å². The zero-order valence-corrected chi connectivity index (χ0v) is 48.2. The second kappa shape index (κ2) is 19.4. The summed E-state index contributed by atoms with van der Waals surface area (Å²) < 4.78 is 2.60. The fourth-order valence-corrected chi connectivity index (χ4v) is 13.0. The lowest BCUT2D eigenvalue weighted by Crippen LogP contribution is -2.17. The SMILES string of the molecule is CC(C)(C)c1ccc(-c2ccc(N(c3ccc(-c4ccccc4)cc3)c3ccc4c(c3)C(C)(C)c3c-4n4c5ccccc5c5c(N(c6ccc(-c7ccccc7)cc6)c6ccc(-c7ccc(C(C)(C)C)cc7)cc6)ccc3c54)cc2)cc1. The van der Waals surface area contributed by atoms with Crippen molar-refractivity contribution in [3.05, 3.63) is 283 Å². The van der Waals surface area contributed by atoms with Crippen LogP contribution >= 0.6 is 0 Å². The summed E-state index contributed by atoms with van der Waals surface area (Å²) in [5, 5.41) is 3.79. The molecule has 1 aliphatic carbocycles. The van der Waals surface area contributed by atoms with Gasteiger partial charge in [0.2, 0.25) is 0 Å². The molecule has 11 aromatic carbocycles. The van der Waals surface area contributed by atoms with Gasteiger partial charge in [-0.1, -0.05) is 243 Å². The van der Waals surface area contributed by atoms with Crippen molar-refractivity contribution in [1.82, 2.24) is 4.40 Å². The second-order valence-electron chi connectivity index (χ2n) is 25.0. The van der Waals surface area contributed by atoms with Gasteiger partial charge in [-0.05, 0) is 150 Å². The average molecular weight is 1060 g/mol. The van der Waals surface area contributed by atoms with Gasteiger partial charge in [0.15, 0.2) is 0 Å². The van der Waals surface area contributed by atoms with Gasteiger partial charge in [0.25, 0.3) is 0 Å². The molecular weight excluding hydrogens is 991 g/mol. The van der Waals surface area contributed by atoms with E-state index in [0.29, 0.717) is 0 Å². The van der Waals surface area contributed by atoms with Gasteiger partial charge in [-0.3, -0.25) is 0 Å². The Morgan fingerprint density at radius 3 is 1.16 bits per heavy atom. The first-order valence-electron chi connectivity index (χ1n) is 29.0. The van der Waals surface area contributed by atoms with Crippen LogP contribution in [0.5, 0.6) is 0 Å². The van der Waals surface area contributed by atoms with Gasteiger partial charge in [-0.25, -0.2) is 0 Å². The number of hydrogen-bond donors (Lipinski definition) is 0. The van der Waals surface area contributed by atoms with E-state index in [1.54, 1.807) is 0 Å². The summed E-state index contributed by atoms with van der Waals surface area (Å²) in [5.41, 5.74) is 26.6. The Morgan fingerprint density at radius 1 is 0.341 bits per heavy atom. The van der Waals surface area contributed by atoms with Crippen LogP contribution in [0, 0.1) is 0 Å². The van der Waals surface area contributed by atoms with E-state index >= 15 is 0 Å². The smallest absolute Gasteiger partial charge is 0.0638 e. The van der Waals surface area contributed by atoms with Crippen molar-refractivity contribution in [3.8, 4) is 55.8 Å². The topological polar surface area (TPSA) is 10.9 Å². The van der Waals surface area contributed by atoms with E-state index in [2.05, 4.69) is 330 Å². The Morgan fingerprint density at radius 2 is 0.720 bits per heavy atom. The summed E-state index contributed by atoms with van der Waals surface area (Å²) in [5.74, 6) is 0. The Balaban J connectivity index is 0.902. The summed E-state index contributed by atoms with van der Waals surface area (Å²) >= 11 is 0. The molecule has 0 saturated carbocycles. The van der Waals surface area contributed by atoms with Crippen molar-refractivity contribution in [2.45, 2.75) is 71.6 Å². The summed E-state index contributed by atoms with van der Waals surface area (Å²) in [6, 6.07) is 97.0. The maximum absolute atomic E-state index is 2.60. The molecule has 13 aromatic rings. The van der Waals surface area contributed by atoms with E-state index in [1.165, 1.54) is 105 Å². The highest BCUT2D eigenvalue weighted by Crippen LogP contribution is 2.58. The lowest BCUT2D eigenvalue weighted by Gasteiger charge is -2.29. The van der Waals surface area contributed by atoms with Crippen LogP contribution in [-0.4, -0.2) is 4.40 Å². The first-order valence-corrected chi connectivity index (χ1v) is 29.0. The fraction of sp³-hybridized carbons (Fsp3) is 0.139. The van der Waals surface area contributed by atoms with Gasteiger partial charge in [-0.15, -0.1) is 0 Å². The third kappa shape index (κ3) is 8.57. The van der Waals surface area contributed by atoms with Gasteiger partial charge in [-0.2, -0.15) is 0 Å². The first-order chi connectivity index (χ1) is 39.7.